The summed E-state index contributed by atoms with van der Waals surface area (Å²) in [5.74, 6) is -0.117. The van der Waals surface area contributed by atoms with Crippen LogP contribution in [0.3, 0.4) is 0 Å². The van der Waals surface area contributed by atoms with Gasteiger partial charge in [-0.3, -0.25) is 19.4 Å². The van der Waals surface area contributed by atoms with E-state index in [1.165, 1.54) is 131 Å². The lowest BCUT2D eigenvalue weighted by molar-refractivity contribution is -0.122. The molecule has 8 heterocycles. The highest BCUT2D eigenvalue weighted by Gasteiger charge is 2.52. The molecule has 8 rings (SSSR count). The van der Waals surface area contributed by atoms with Gasteiger partial charge in [0.15, 0.2) is 0 Å². The zero-order chi connectivity index (χ0) is 35.9. The number of unbranched alkanes of at least 4 members (excludes halogenated alkanes) is 14. The molecule has 4 nitrogen and oxygen atoms in total. The highest BCUT2D eigenvalue weighted by molar-refractivity contribution is 9.11. The van der Waals surface area contributed by atoms with Gasteiger partial charge in [-0.15, -0.1) is 45.3 Å². The third-order valence-corrected chi connectivity index (χ3v) is 16.8. The Morgan fingerprint density at radius 3 is 1.27 bits per heavy atom. The van der Waals surface area contributed by atoms with Gasteiger partial charge in [-0.2, -0.15) is 0 Å². The molecule has 0 saturated carbocycles. The molecule has 0 aliphatic carbocycles. The van der Waals surface area contributed by atoms with Gasteiger partial charge in [0.1, 0.15) is 0 Å². The predicted molar refractivity (Wildman–Crippen MR) is 233 cm³/mol. The van der Waals surface area contributed by atoms with E-state index in [2.05, 4.69) is 70.2 Å². The molecule has 0 bridgehead atoms. The Bertz CT molecular complexity index is 2020. The Morgan fingerprint density at radius 1 is 0.519 bits per heavy atom. The van der Waals surface area contributed by atoms with Crippen LogP contribution in [0, 0.1) is 0 Å². The molecule has 10 heteroatoms. The SMILES string of the molecule is CCCCCCCCCCC1=CN2C(=O)C3=C4c5sc6cc(Br)sc6c5C(CCCCCCCCCC)=CN4C(=O)C3=C2c2sc3cc(Br)sc3c21. The van der Waals surface area contributed by atoms with Crippen LogP contribution in [-0.4, -0.2) is 21.6 Å². The summed E-state index contributed by atoms with van der Waals surface area (Å²) in [5, 5.41) is 0. The second kappa shape index (κ2) is 16.1. The lowest BCUT2D eigenvalue weighted by Crippen LogP contribution is -2.27. The van der Waals surface area contributed by atoms with E-state index in [-0.39, 0.29) is 11.8 Å². The number of hydrogen-bond acceptors (Lipinski definition) is 6. The first-order chi connectivity index (χ1) is 25.4. The molecule has 0 spiro atoms. The van der Waals surface area contributed by atoms with Gasteiger partial charge in [0.2, 0.25) is 0 Å². The molecule has 4 aromatic heterocycles. The number of halogens is 2. The van der Waals surface area contributed by atoms with Gasteiger partial charge in [0.25, 0.3) is 11.8 Å². The molecule has 4 aliphatic rings. The first-order valence-corrected chi connectivity index (χ1v) is 24.3. The van der Waals surface area contributed by atoms with Crippen LogP contribution in [-0.2, 0) is 9.59 Å². The van der Waals surface area contributed by atoms with Gasteiger partial charge in [-0.05, 0) is 80.8 Å². The molecule has 2 amide bonds. The van der Waals surface area contributed by atoms with Crippen LogP contribution in [0.25, 0.3) is 41.3 Å². The fourth-order valence-electron chi connectivity index (χ4n) is 8.39. The monoisotopic (exact) mass is 896 g/mol. The van der Waals surface area contributed by atoms with E-state index in [4.69, 9.17) is 0 Å². The van der Waals surface area contributed by atoms with Gasteiger partial charge < -0.3 is 0 Å². The van der Waals surface area contributed by atoms with Crippen molar-refractivity contribution in [2.24, 2.45) is 0 Å². The third-order valence-electron chi connectivity index (χ3n) is 11.0. The van der Waals surface area contributed by atoms with Crippen molar-refractivity contribution >= 4 is 130 Å². The maximum absolute atomic E-state index is 14.7. The number of rotatable bonds is 18. The molecule has 274 valence electrons. The van der Waals surface area contributed by atoms with E-state index >= 15 is 0 Å². The summed E-state index contributed by atoms with van der Waals surface area (Å²) >= 11 is 14.5. The van der Waals surface area contributed by atoms with Gasteiger partial charge in [0, 0.05) is 32.9 Å². The summed E-state index contributed by atoms with van der Waals surface area (Å²) in [6.07, 6.45) is 26.4. The number of amides is 2. The quantitative estimate of drug-likeness (QED) is 0.0934. The Kier molecular flexibility index (Phi) is 11.5. The highest BCUT2D eigenvalue weighted by atomic mass is 79.9. The van der Waals surface area contributed by atoms with Crippen molar-refractivity contribution in [1.29, 1.82) is 0 Å². The zero-order valence-electron chi connectivity index (χ0n) is 30.1. The van der Waals surface area contributed by atoms with Crippen molar-refractivity contribution in [3.8, 4) is 0 Å². The minimum atomic E-state index is -0.0586. The van der Waals surface area contributed by atoms with E-state index in [0.717, 1.165) is 54.4 Å². The standard InChI is InChI=1S/C42H46Br2N2O2S4/c1-3-5-7-9-11-13-15-17-19-25-23-45-35(39-31(25)37-27(49-39)21-29(43)51-37)33-34(41(45)47)36-40-32(38-28(50-40)22-30(44)52-38)26(24-46(36)42(33)48)20-18-16-14-12-10-8-6-4-2/h21-24H,3-20H2,1-2H3. The number of hydrogen-bond donors (Lipinski definition) is 0. The summed E-state index contributed by atoms with van der Waals surface area (Å²) in [5.41, 5.74) is 7.71. The largest absolute Gasteiger partial charge is 0.281 e. The van der Waals surface area contributed by atoms with Crippen molar-refractivity contribution in [2.45, 2.75) is 129 Å². The van der Waals surface area contributed by atoms with E-state index < -0.39 is 0 Å². The maximum Gasteiger partial charge on any atom is 0.265 e. The minimum Gasteiger partial charge on any atom is -0.281 e. The molecular formula is C42H46Br2N2O2S4. The zero-order valence-corrected chi connectivity index (χ0v) is 36.6. The molecule has 0 radical (unpaired) electrons. The Morgan fingerprint density at radius 2 is 0.885 bits per heavy atom. The normalized spacial score (nSPS) is 16.4. The lowest BCUT2D eigenvalue weighted by atomic mass is 9.95. The molecule has 0 aromatic carbocycles. The Balaban J connectivity index is 1.13. The summed E-state index contributed by atoms with van der Waals surface area (Å²) in [4.78, 5) is 35.3. The topological polar surface area (TPSA) is 40.6 Å². The van der Waals surface area contributed by atoms with Crippen molar-refractivity contribution in [3.63, 3.8) is 0 Å². The lowest BCUT2D eigenvalue weighted by Gasteiger charge is -2.28. The minimum absolute atomic E-state index is 0.0586. The molecular weight excluding hydrogens is 853 g/mol. The van der Waals surface area contributed by atoms with Crippen LogP contribution in [0.4, 0.5) is 0 Å². The van der Waals surface area contributed by atoms with Gasteiger partial charge in [0.05, 0.1) is 49.3 Å². The summed E-state index contributed by atoms with van der Waals surface area (Å²) in [7, 11) is 0. The van der Waals surface area contributed by atoms with Gasteiger partial charge in [-0.1, -0.05) is 104 Å². The van der Waals surface area contributed by atoms with Crippen molar-refractivity contribution in [2.75, 3.05) is 0 Å². The number of fused-ring (bicyclic) bond motifs is 11. The highest BCUT2D eigenvalue weighted by Crippen LogP contribution is 2.59. The molecule has 0 saturated heterocycles. The smallest absolute Gasteiger partial charge is 0.265 e. The Labute approximate surface area is 340 Å². The molecule has 0 fully saturated rings. The van der Waals surface area contributed by atoms with Gasteiger partial charge >= 0.3 is 0 Å². The summed E-state index contributed by atoms with van der Waals surface area (Å²) < 4.78 is 7.20. The van der Waals surface area contributed by atoms with Crippen LogP contribution in [0.2, 0.25) is 0 Å². The molecule has 0 unspecified atom stereocenters. The Hall–Kier alpha value is -1.82. The molecule has 0 atom stereocenters. The van der Waals surface area contributed by atoms with Crippen LogP contribution >= 0.6 is 77.2 Å². The van der Waals surface area contributed by atoms with Crippen LogP contribution in [0.15, 0.2) is 43.3 Å². The average molecular weight is 899 g/mol. The van der Waals surface area contributed by atoms with Crippen molar-refractivity contribution < 1.29 is 9.59 Å². The second-order valence-corrected chi connectivity index (χ2v) is 21.6. The first-order valence-electron chi connectivity index (χ1n) is 19.4. The third kappa shape index (κ3) is 6.74. The molecule has 0 N–H and O–H groups in total. The molecule has 52 heavy (non-hydrogen) atoms. The van der Waals surface area contributed by atoms with Crippen molar-refractivity contribution in [3.05, 3.63) is 64.1 Å². The van der Waals surface area contributed by atoms with Gasteiger partial charge in [-0.25, -0.2) is 0 Å². The second-order valence-electron chi connectivity index (χ2n) is 14.7. The molecule has 4 aliphatic heterocycles. The summed E-state index contributed by atoms with van der Waals surface area (Å²) in [6.45, 7) is 4.54. The van der Waals surface area contributed by atoms with Crippen molar-refractivity contribution in [1.82, 2.24) is 9.80 Å². The number of carbonyl (C=O) groups is 2. The fraction of sp³-hybridized carbons (Fsp3) is 0.476. The van der Waals surface area contributed by atoms with Crippen LogP contribution < -0.4 is 0 Å². The first kappa shape index (κ1) is 37.1. The van der Waals surface area contributed by atoms with E-state index in [0.29, 0.717) is 11.1 Å². The van der Waals surface area contributed by atoms with Crippen LogP contribution in [0.5, 0.6) is 0 Å². The average Bonchev–Trinajstić information content (AvgIpc) is 3.95. The fourth-order valence-corrected chi connectivity index (χ4v) is 15.1. The van der Waals surface area contributed by atoms with E-state index in [1.807, 2.05) is 9.80 Å². The molecule has 4 aromatic rings. The van der Waals surface area contributed by atoms with E-state index in [9.17, 15) is 9.59 Å². The predicted octanol–water partition coefficient (Wildman–Crippen LogP) is 15.3. The van der Waals surface area contributed by atoms with E-state index in [1.54, 1.807) is 45.3 Å². The summed E-state index contributed by atoms with van der Waals surface area (Å²) in [6, 6.07) is 4.40. The number of allylic oxidation sites excluding steroid dienone is 2. The number of thiophene rings is 4. The van der Waals surface area contributed by atoms with Crippen LogP contribution in [0.1, 0.15) is 150 Å². The maximum atomic E-state index is 14.7. The number of nitrogens with zero attached hydrogens (tertiary/aromatic N) is 2. The number of carbonyl (C=O) groups excluding carboxylic acids is 2.